The van der Waals surface area contributed by atoms with Crippen LogP contribution in [0.15, 0.2) is 48.7 Å². The number of carbonyl (C=O) groups excluding carboxylic acids is 1. The fourth-order valence-corrected chi connectivity index (χ4v) is 2.48. The lowest BCUT2D eigenvalue weighted by Crippen LogP contribution is -2.04. The number of carbonyl (C=O) groups is 1. The van der Waals surface area contributed by atoms with Gasteiger partial charge in [-0.2, -0.15) is 0 Å². The summed E-state index contributed by atoms with van der Waals surface area (Å²) in [6.45, 7) is 0. The molecular formula is C17H14N2O3S. The highest BCUT2D eigenvalue weighted by Crippen LogP contribution is 2.32. The van der Waals surface area contributed by atoms with E-state index < -0.39 is 5.97 Å². The van der Waals surface area contributed by atoms with Crippen molar-refractivity contribution in [1.82, 2.24) is 4.98 Å². The van der Waals surface area contributed by atoms with Crippen molar-refractivity contribution in [3.05, 3.63) is 59.8 Å². The lowest BCUT2D eigenvalue weighted by atomic mass is 10.1. The van der Waals surface area contributed by atoms with E-state index in [4.69, 9.17) is 14.9 Å². The molecule has 2 aromatic carbocycles. The minimum absolute atomic E-state index is 0.143. The molecule has 0 amide bonds. The van der Waals surface area contributed by atoms with E-state index in [0.29, 0.717) is 22.6 Å². The van der Waals surface area contributed by atoms with Crippen LogP contribution in [0.1, 0.15) is 15.9 Å². The summed E-state index contributed by atoms with van der Waals surface area (Å²) in [7, 11) is 1.33. The number of H-pyrrole nitrogens is 1. The second-order valence-corrected chi connectivity index (χ2v) is 5.29. The molecule has 0 bridgehead atoms. The van der Waals surface area contributed by atoms with Crippen LogP contribution >= 0.6 is 12.6 Å². The smallest absolute Gasteiger partial charge is 0.342 e. The van der Waals surface area contributed by atoms with Gasteiger partial charge in [0.05, 0.1) is 12.2 Å². The highest BCUT2D eigenvalue weighted by Gasteiger charge is 2.18. The van der Waals surface area contributed by atoms with Crippen molar-refractivity contribution in [3.8, 4) is 11.5 Å². The number of nitrogens with one attached hydrogen (secondary N) is 2. The maximum atomic E-state index is 12.1. The van der Waals surface area contributed by atoms with Gasteiger partial charge < -0.3 is 14.5 Å². The van der Waals surface area contributed by atoms with E-state index in [2.05, 4.69) is 17.6 Å². The summed E-state index contributed by atoms with van der Waals surface area (Å²) >= 11 is 4.02. The van der Waals surface area contributed by atoms with E-state index in [0.717, 1.165) is 10.9 Å². The van der Waals surface area contributed by atoms with Crippen molar-refractivity contribution in [2.24, 2.45) is 0 Å². The lowest BCUT2D eigenvalue weighted by Gasteiger charge is -2.12. The summed E-state index contributed by atoms with van der Waals surface area (Å²) in [6.07, 6.45) is 1.75. The Kier molecular flexibility index (Phi) is 4.08. The normalized spacial score (nSPS) is 10.5. The minimum Gasteiger partial charge on any atom is -0.465 e. The van der Waals surface area contributed by atoms with Gasteiger partial charge in [0.1, 0.15) is 17.1 Å². The molecule has 3 aromatic rings. The molecule has 2 N–H and O–H groups in total. The van der Waals surface area contributed by atoms with Gasteiger partial charge in [-0.25, -0.2) is 4.79 Å². The van der Waals surface area contributed by atoms with E-state index in [1.54, 1.807) is 42.6 Å². The van der Waals surface area contributed by atoms with Gasteiger partial charge in [-0.3, -0.25) is 5.41 Å². The van der Waals surface area contributed by atoms with E-state index >= 15 is 0 Å². The first kappa shape index (κ1) is 15.2. The molecule has 0 radical (unpaired) electrons. The highest BCUT2D eigenvalue weighted by molar-refractivity contribution is 7.97. The average Bonchev–Trinajstić information content (AvgIpc) is 3.02. The number of ether oxygens (including phenoxy) is 2. The molecule has 0 aliphatic rings. The zero-order valence-corrected chi connectivity index (χ0v) is 13.2. The molecule has 0 aliphatic heterocycles. The van der Waals surface area contributed by atoms with Crippen molar-refractivity contribution in [2.45, 2.75) is 0 Å². The van der Waals surface area contributed by atoms with Crippen molar-refractivity contribution in [1.29, 1.82) is 5.41 Å². The lowest BCUT2D eigenvalue weighted by molar-refractivity contribution is 0.0600. The third kappa shape index (κ3) is 2.93. The fourth-order valence-electron chi connectivity index (χ4n) is 2.34. The zero-order valence-electron chi connectivity index (χ0n) is 12.3. The maximum Gasteiger partial charge on any atom is 0.342 e. The van der Waals surface area contributed by atoms with E-state index in [-0.39, 0.29) is 5.04 Å². The fraction of sp³-hybridized carbons (Fsp3) is 0.0588. The molecule has 0 saturated carbocycles. The van der Waals surface area contributed by atoms with Gasteiger partial charge in [0.2, 0.25) is 0 Å². The second kappa shape index (κ2) is 6.18. The summed E-state index contributed by atoms with van der Waals surface area (Å²) < 4.78 is 10.7. The molecule has 0 fully saturated rings. The average molecular weight is 326 g/mol. The van der Waals surface area contributed by atoms with Crippen LogP contribution in [-0.2, 0) is 4.74 Å². The third-order valence-electron chi connectivity index (χ3n) is 3.42. The predicted octanol–water partition coefficient (Wildman–Crippen LogP) is 4.00. The zero-order chi connectivity index (χ0) is 16.4. The number of fused-ring (bicyclic) bond motifs is 1. The first-order valence-corrected chi connectivity index (χ1v) is 7.29. The number of rotatable bonds is 4. The van der Waals surface area contributed by atoms with Crippen molar-refractivity contribution in [2.75, 3.05) is 7.11 Å². The number of esters is 1. The van der Waals surface area contributed by atoms with E-state index in [9.17, 15) is 4.79 Å². The molecule has 0 atom stereocenters. The van der Waals surface area contributed by atoms with Crippen LogP contribution in [0.4, 0.5) is 0 Å². The summed E-state index contributed by atoms with van der Waals surface area (Å²) in [5, 5.41) is 8.44. The van der Waals surface area contributed by atoms with Gasteiger partial charge in [-0.1, -0.05) is 12.1 Å². The van der Waals surface area contributed by atoms with Crippen LogP contribution in [0.5, 0.6) is 11.5 Å². The van der Waals surface area contributed by atoms with Crippen molar-refractivity contribution >= 4 is 34.5 Å². The summed E-state index contributed by atoms with van der Waals surface area (Å²) in [5.41, 5.74) is 1.81. The standard InChI is InChI=1S/C17H14N2O3S/c1-21-17(20)15-12-7-8-19-13(12)5-6-14(15)22-11-4-2-3-10(9-11)16(18)23/h2-9,19H,1H3,(H2,18,23). The molecule has 1 heterocycles. The maximum absolute atomic E-state index is 12.1. The van der Waals surface area contributed by atoms with Crippen molar-refractivity contribution in [3.63, 3.8) is 0 Å². The molecule has 116 valence electrons. The Balaban J connectivity index is 2.07. The Hall–Kier alpha value is -2.73. The Bertz CT molecular complexity index is 902. The summed E-state index contributed by atoms with van der Waals surface area (Å²) in [6, 6.07) is 12.3. The molecular weight excluding hydrogens is 312 g/mol. The number of aromatic amines is 1. The first-order chi connectivity index (χ1) is 11.1. The summed E-state index contributed by atoms with van der Waals surface area (Å²) in [5.74, 6) is 0.441. The van der Waals surface area contributed by atoms with Gasteiger partial charge in [-0.15, -0.1) is 12.6 Å². The summed E-state index contributed by atoms with van der Waals surface area (Å²) in [4.78, 5) is 15.2. The number of aromatic nitrogens is 1. The third-order valence-corrected chi connectivity index (χ3v) is 3.68. The molecule has 6 heteroatoms. The van der Waals surface area contributed by atoms with E-state index in [1.165, 1.54) is 7.11 Å². The largest absolute Gasteiger partial charge is 0.465 e. The van der Waals surface area contributed by atoms with Gasteiger partial charge in [0.15, 0.2) is 0 Å². The number of hydrogen-bond acceptors (Lipinski definition) is 4. The van der Waals surface area contributed by atoms with Crippen LogP contribution in [-0.4, -0.2) is 23.1 Å². The van der Waals surface area contributed by atoms with Crippen LogP contribution in [0.2, 0.25) is 0 Å². The molecule has 23 heavy (non-hydrogen) atoms. The topological polar surface area (TPSA) is 75.2 Å². The highest BCUT2D eigenvalue weighted by atomic mass is 32.1. The molecule has 0 unspecified atom stereocenters. The van der Waals surface area contributed by atoms with E-state index in [1.807, 2.05) is 6.07 Å². The number of methoxy groups -OCH3 is 1. The van der Waals surface area contributed by atoms with Crippen LogP contribution in [0.25, 0.3) is 10.9 Å². The van der Waals surface area contributed by atoms with Crippen LogP contribution < -0.4 is 4.74 Å². The van der Waals surface area contributed by atoms with Crippen LogP contribution in [0, 0.1) is 5.41 Å². The van der Waals surface area contributed by atoms with Crippen LogP contribution in [0.3, 0.4) is 0 Å². The molecule has 1 aromatic heterocycles. The molecule has 3 rings (SSSR count). The number of thiol groups is 1. The molecule has 5 nitrogen and oxygen atoms in total. The van der Waals surface area contributed by atoms with Gasteiger partial charge >= 0.3 is 5.97 Å². The van der Waals surface area contributed by atoms with Crippen molar-refractivity contribution < 1.29 is 14.3 Å². The second-order valence-electron chi connectivity index (χ2n) is 4.85. The Labute approximate surface area is 138 Å². The molecule has 0 aliphatic carbocycles. The van der Waals surface area contributed by atoms with Gasteiger partial charge in [0, 0.05) is 22.7 Å². The monoisotopic (exact) mass is 326 g/mol. The quantitative estimate of drug-likeness (QED) is 0.293. The molecule has 0 saturated heterocycles. The SMILES string of the molecule is COC(=O)c1c(Oc2cccc(C(=N)S)c2)ccc2[nH]ccc12. The Morgan fingerprint density at radius 2 is 2.04 bits per heavy atom. The Morgan fingerprint density at radius 1 is 1.22 bits per heavy atom. The molecule has 0 spiro atoms. The van der Waals surface area contributed by atoms with Gasteiger partial charge in [0.25, 0.3) is 0 Å². The first-order valence-electron chi connectivity index (χ1n) is 6.84. The minimum atomic E-state index is -0.469. The van der Waals surface area contributed by atoms with Gasteiger partial charge in [-0.05, 0) is 30.3 Å². The number of hydrogen-bond donors (Lipinski definition) is 3. The Morgan fingerprint density at radius 3 is 2.78 bits per heavy atom. The number of benzene rings is 2. The predicted molar refractivity (Wildman–Crippen MR) is 92.0 cm³/mol.